The third-order valence-electron chi connectivity index (χ3n) is 7.10. The van der Waals surface area contributed by atoms with E-state index in [9.17, 15) is 14.3 Å². The van der Waals surface area contributed by atoms with Crippen LogP contribution in [0.3, 0.4) is 0 Å². The molecule has 1 aliphatic rings. The van der Waals surface area contributed by atoms with Crippen molar-refractivity contribution in [1.29, 1.82) is 0 Å². The largest absolute Gasteiger partial charge is 0.497 e. The van der Waals surface area contributed by atoms with Crippen molar-refractivity contribution in [3.05, 3.63) is 132 Å². The summed E-state index contributed by atoms with van der Waals surface area (Å²) in [4.78, 5) is 15.2. The Hall–Kier alpha value is -3.96. The molecule has 0 spiro atoms. The molecule has 1 fully saturated rings. The Morgan fingerprint density at radius 2 is 1.39 bits per heavy atom. The molecule has 5 heteroatoms. The molecule has 4 nitrogen and oxygen atoms in total. The predicted molar refractivity (Wildman–Crippen MR) is 138 cm³/mol. The number of benzene rings is 4. The summed E-state index contributed by atoms with van der Waals surface area (Å²) in [7, 11) is 1.61. The second kappa shape index (κ2) is 9.96. The van der Waals surface area contributed by atoms with Gasteiger partial charge < -0.3 is 14.7 Å². The molecule has 0 aromatic heterocycles. The van der Waals surface area contributed by atoms with Gasteiger partial charge in [-0.05, 0) is 65.9 Å². The van der Waals surface area contributed by atoms with Crippen molar-refractivity contribution < 1.29 is 19.0 Å². The first-order chi connectivity index (χ1) is 17.5. The van der Waals surface area contributed by atoms with Gasteiger partial charge in [-0.15, -0.1) is 0 Å². The number of methoxy groups -OCH3 is 1. The number of anilines is 1. The topological polar surface area (TPSA) is 49.8 Å². The lowest BCUT2D eigenvalue weighted by atomic mass is 9.74. The molecule has 4 aromatic carbocycles. The molecule has 2 unspecified atom stereocenters. The fraction of sp³-hybridized carbons (Fsp3) is 0.194. The second-order valence-corrected chi connectivity index (χ2v) is 9.14. The number of β-lactam (4-membered cyclic amide) rings is 1. The summed E-state index contributed by atoms with van der Waals surface area (Å²) in [5.41, 5.74) is 1.97. The number of aliphatic hydroxyl groups is 1. The van der Waals surface area contributed by atoms with Crippen LogP contribution >= 0.6 is 0 Å². The lowest BCUT2D eigenvalue weighted by Gasteiger charge is -2.48. The molecule has 0 aliphatic carbocycles. The van der Waals surface area contributed by atoms with Gasteiger partial charge in [-0.3, -0.25) is 4.79 Å². The molecule has 1 N–H and O–H groups in total. The molecule has 0 bridgehead atoms. The van der Waals surface area contributed by atoms with Crippen LogP contribution in [0.25, 0.3) is 0 Å². The first-order valence-electron chi connectivity index (χ1n) is 12.1. The highest BCUT2D eigenvalue weighted by Gasteiger charge is 2.49. The summed E-state index contributed by atoms with van der Waals surface area (Å²) in [6.07, 6.45) is 0.856. The lowest BCUT2D eigenvalue weighted by molar-refractivity contribution is -0.131. The van der Waals surface area contributed by atoms with Crippen LogP contribution in [0.1, 0.15) is 35.6 Å². The number of ether oxygens (including phenoxy) is 1. The Labute approximate surface area is 210 Å². The average molecular weight is 482 g/mol. The minimum Gasteiger partial charge on any atom is -0.497 e. The minimum atomic E-state index is -1.23. The van der Waals surface area contributed by atoms with Gasteiger partial charge >= 0.3 is 0 Å². The number of carbonyl (C=O) groups excluding carboxylic acids is 1. The maximum absolute atomic E-state index is 13.6. The Bertz CT molecular complexity index is 1270. The van der Waals surface area contributed by atoms with E-state index in [0.717, 1.165) is 22.4 Å². The number of nitrogens with zero attached hydrogens (tertiary/aromatic N) is 1. The number of halogens is 1. The molecule has 5 rings (SSSR count). The van der Waals surface area contributed by atoms with E-state index in [1.54, 1.807) is 24.1 Å². The molecule has 1 amide bonds. The second-order valence-electron chi connectivity index (χ2n) is 9.14. The number of rotatable bonds is 8. The molecule has 2 atom stereocenters. The molecule has 0 saturated carbocycles. The third-order valence-corrected chi connectivity index (χ3v) is 7.10. The molecule has 1 heterocycles. The molecule has 36 heavy (non-hydrogen) atoms. The monoisotopic (exact) mass is 481 g/mol. The van der Waals surface area contributed by atoms with Gasteiger partial charge in [-0.2, -0.15) is 0 Å². The Kier molecular flexibility index (Phi) is 6.57. The molecular weight excluding hydrogens is 453 g/mol. The van der Waals surface area contributed by atoms with Crippen molar-refractivity contribution in [2.24, 2.45) is 5.92 Å². The van der Waals surface area contributed by atoms with Crippen LogP contribution in [0, 0.1) is 11.7 Å². The predicted octanol–water partition coefficient (Wildman–Crippen LogP) is 6.25. The van der Waals surface area contributed by atoms with Crippen LogP contribution in [0.2, 0.25) is 0 Å². The quantitative estimate of drug-likeness (QED) is 0.303. The Morgan fingerprint density at radius 1 is 0.833 bits per heavy atom. The molecule has 182 valence electrons. The van der Waals surface area contributed by atoms with Gasteiger partial charge in [0.15, 0.2) is 0 Å². The fourth-order valence-electron chi connectivity index (χ4n) is 5.15. The van der Waals surface area contributed by atoms with Crippen LogP contribution < -0.4 is 9.64 Å². The molecule has 1 saturated heterocycles. The lowest BCUT2D eigenvalue weighted by Crippen LogP contribution is -2.55. The van der Waals surface area contributed by atoms with E-state index in [2.05, 4.69) is 0 Å². The van der Waals surface area contributed by atoms with Crippen LogP contribution in [-0.4, -0.2) is 18.1 Å². The van der Waals surface area contributed by atoms with Gasteiger partial charge in [-0.25, -0.2) is 4.39 Å². The first kappa shape index (κ1) is 23.8. The zero-order valence-electron chi connectivity index (χ0n) is 20.1. The van der Waals surface area contributed by atoms with Crippen molar-refractivity contribution in [3.63, 3.8) is 0 Å². The summed E-state index contributed by atoms with van der Waals surface area (Å²) in [6.45, 7) is 0. The normalized spacial score (nSPS) is 17.5. The number of hydrogen-bond donors (Lipinski definition) is 1. The summed E-state index contributed by atoms with van der Waals surface area (Å²) in [5, 5.41) is 12.0. The van der Waals surface area contributed by atoms with Crippen molar-refractivity contribution in [1.82, 2.24) is 0 Å². The van der Waals surface area contributed by atoms with Gasteiger partial charge in [0, 0.05) is 5.69 Å². The number of amides is 1. The summed E-state index contributed by atoms with van der Waals surface area (Å²) < 4.78 is 18.9. The molecule has 1 aliphatic heterocycles. The van der Waals surface area contributed by atoms with E-state index >= 15 is 0 Å². The van der Waals surface area contributed by atoms with Crippen molar-refractivity contribution in [2.75, 3.05) is 12.0 Å². The van der Waals surface area contributed by atoms with Crippen molar-refractivity contribution in [3.8, 4) is 5.75 Å². The van der Waals surface area contributed by atoms with Gasteiger partial charge in [0.1, 0.15) is 17.2 Å². The SMILES string of the molecule is COc1ccc(C2C(CCC(O)(c3ccccc3)c3ccccc3)C(=O)N2c2ccc(F)cc2)cc1. The van der Waals surface area contributed by atoms with Crippen molar-refractivity contribution in [2.45, 2.75) is 24.5 Å². The summed E-state index contributed by atoms with van der Waals surface area (Å²) >= 11 is 0. The Balaban J connectivity index is 1.47. The van der Waals surface area contributed by atoms with E-state index in [0.29, 0.717) is 18.5 Å². The standard InChI is InChI=1S/C31H28FNO3/c1-36-27-18-12-22(13-19-27)29-28(30(34)33(29)26-16-14-25(32)15-17-26)20-21-31(35,23-8-4-2-5-9-23)24-10-6-3-7-11-24/h2-19,28-29,35H,20-21H2,1H3. The van der Waals surface area contributed by atoms with Crippen LogP contribution in [0.5, 0.6) is 5.75 Å². The maximum atomic E-state index is 13.6. The van der Waals surface area contributed by atoms with Crippen LogP contribution in [0.15, 0.2) is 109 Å². The van der Waals surface area contributed by atoms with E-state index in [4.69, 9.17) is 4.74 Å². The zero-order chi connectivity index (χ0) is 25.1. The molecule has 0 radical (unpaired) electrons. The molecular formula is C31H28FNO3. The van der Waals surface area contributed by atoms with Gasteiger partial charge in [0.05, 0.1) is 19.1 Å². The van der Waals surface area contributed by atoms with E-state index in [1.807, 2.05) is 84.9 Å². The van der Waals surface area contributed by atoms with Crippen LogP contribution in [-0.2, 0) is 10.4 Å². The minimum absolute atomic E-state index is 0.0362. The maximum Gasteiger partial charge on any atom is 0.233 e. The summed E-state index contributed by atoms with van der Waals surface area (Å²) in [6, 6.07) is 32.6. The van der Waals surface area contributed by atoms with Gasteiger partial charge in [-0.1, -0.05) is 72.8 Å². The van der Waals surface area contributed by atoms with Gasteiger partial charge in [0.25, 0.3) is 0 Å². The van der Waals surface area contributed by atoms with Crippen molar-refractivity contribution >= 4 is 11.6 Å². The smallest absolute Gasteiger partial charge is 0.233 e. The molecule has 4 aromatic rings. The summed E-state index contributed by atoms with van der Waals surface area (Å²) in [5.74, 6) is 0.0187. The van der Waals surface area contributed by atoms with E-state index in [-0.39, 0.29) is 23.7 Å². The first-order valence-corrected chi connectivity index (χ1v) is 12.1. The van der Waals surface area contributed by atoms with E-state index < -0.39 is 5.60 Å². The average Bonchev–Trinajstić information content (AvgIpc) is 2.93. The fourth-order valence-corrected chi connectivity index (χ4v) is 5.15. The highest BCUT2D eigenvalue weighted by Crippen LogP contribution is 2.48. The van der Waals surface area contributed by atoms with Crippen LogP contribution in [0.4, 0.5) is 10.1 Å². The van der Waals surface area contributed by atoms with E-state index in [1.165, 1.54) is 12.1 Å². The highest BCUT2D eigenvalue weighted by atomic mass is 19.1. The van der Waals surface area contributed by atoms with Gasteiger partial charge in [0.2, 0.25) is 5.91 Å². The third kappa shape index (κ3) is 4.38. The number of hydrogen-bond acceptors (Lipinski definition) is 3. The Morgan fingerprint density at radius 3 is 1.92 bits per heavy atom. The highest BCUT2D eigenvalue weighted by molar-refractivity contribution is 6.03. The number of carbonyl (C=O) groups is 1. The zero-order valence-corrected chi connectivity index (χ0v) is 20.1.